The van der Waals surface area contributed by atoms with Gasteiger partial charge in [0.2, 0.25) is 0 Å². The highest BCUT2D eigenvalue weighted by Gasteiger charge is 2.36. The van der Waals surface area contributed by atoms with Crippen molar-refractivity contribution in [2.45, 2.75) is 39.7 Å². The van der Waals surface area contributed by atoms with Crippen molar-refractivity contribution in [2.75, 3.05) is 6.54 Å². The molecule has 1 saturated carbocycles. The Bertz CT molecular complexity index is 779. The van der Waals surface area contributed by atoms with Crippen LogP contribution in [0.25, 0.3) is 11.1 Å². The lowest BCUT2D eigenvalue weighted by atomic mass is 10.1. The van der Waals surface area contributed by atoms with Gasteiger partial charge in [0, 0.05) is 18.3 Å². The molecule has 0 saturated heterocycles. The Kier molecular flexibility index (Phi) is 3.79. The molecule has 0 aromatic carbocycles. The van der Waals surface area contributed by atoms with Crippen molar-refractivity contribution >= 4 is 23.0 Å². The second-order valence-corrected chi connectivity index (χ2v) is 6.19. The van der Waals surface area contributed by atoms with E-state index in [1.54, 1.807) is 31.7 Å². The van der Waals surface area contributed by atoms with E-state index >= 15 is 0 Å². The molecule has 0 spiro atoms. The number of hydrogen-bond acceptors (Lipinski definition) is 5. The Hall–Kier alpha value is -2.44. The van der Waals surface area contributed by atoms with Crippen molar-refractivity contribution in [3.05, 3.63) is 23.0 Å². The Morgan fingerprint density at radius 1 is 1.43 bits per heavy atom. The van der Waals surface area contributed by atoms with Gasteiger partial charge >= 0.3 is 5.97 Å². The minimum Gasteiger partial charge on any atom is -0.481 e. The van der Waals surface area contributed by atoms with Crippen LogP contribution < -0.4 is 0 Å². The summed E-state index contributed by atoms with van der Waals surface area (Å²) in [4.78, 5) is 30.1. The van der Waals surface area contributed by atoms with E-state index in [1.807, 2.05) is 0 Å². The van der Waals surface area contributed by atoms with Crippen LogP contribution in [0.5, 0.6) is 0 Å². The fourth-order valence-electron chi connectivity index (χ4n) is 2.70. The second kappa shape index (κ2) is 5.64. The summed E-state index contributed by atoms with van der Waals surface area (Å²) in [6.45, 7) is 5.37. The summed E-state index contributed by atoms with van der Waals surface area (Å²) in [5, 5.41) is 13.6. The molecule has 1 amide bonds. The van der Waals surface area contributed by atoms with E-state index in [4.69, 9.17) is 9.63 Å². The minimum absolute atomic E-state index is 0.119. The first-order valence-electron chi connectivity index (χ1n) is 7.66. The summed E-state index contributed by atoms with van der Waals surface area (Å²) < 4.78 is 5.17. The van der Waals surface area contributed by atoms with Crippen LogP contribution in [0, 0.1) is 19.8 Å². The third-order valence-electron chi connectivity index (χ3n) is 4.12. The van der Waals surface area contributed by atoms with Gasteiger partial charge in [-0.15, -0.1) is 0 Å². The van der Waals surface area contributed by atoms with Crippen LogP contribution >= 0.6 is 0 Å². The smallest absolute Gasteiger partial charge is 0.308 e. The molecule has 2 aromatic heterocycles. The molecule has 2 aromatic rings. The first kappa shape index (κ1) is 15.5. The SMILES string of the molecule is Cc1cc(C(=O)N(CC(C)C(=O)O)C2CC2)c2c(C)noc2n1. The standard InChI is InChI=1S/C16H19N3O4/c1-8(16(21)22)7-19(11-4-5-11)15(20)12-6-9(2)17-14-13(12)10(3)18-23-14/h6,8,11H,4-5,7H2,1-3H3,(H,21,22). The number of nitrogens with zero attached hydrogens (tertiary/aromatic N) is 3. The van der Waals surface area contributed by atoms with Gasteiger partial charge in [-0.05, 0) is 32.8 Å². The van der Waals surface area contributed by atoms with Gasteiger partial charge in [0.25, 0.3) is 11.6 Å². The zero-order chi connectivity index (χ0) is 16.7. The molecule has 23 heavy (non-hydrogen) atoms. The van der Waals surface area contributed by atoms with Gasteiger partial charge in [-0.25, -0.2) is 4.98 Å². The molecule has 0 bridgehead atoms. The predicted molar refractivity (Wildman–Crippen MR) is 82.1 cm³/mol. The van der Waals surface area contributed by atoms with E-state index in [2.05, 4.69) is 10.1 Å². The molecule has 1 atom stereocenters. The molecule has 0 radical (unpaired) electrons. The van der Waals surface area contributed by atoms with E-state index in [-0.39, 0.29) is 18.5 Å². The lowest BCUT2D eigenvalue weighted by Crippen LogP contribution is -2.38. The van der Waals surface area contributed by atoms with Crippen LogP contribution in [0.3, 0.4) is 0 Å². The molecule has 1 aliphatic rings. The number of aryl methyl sites for hydroxylation is 2. The number of carboxylic acids is 1. The Morgan fingerprint density at radius 2 is 2.13 bits per heavy atom. The van der Waals surface area contributed by atoms with Gasteiger partial charge in [-0.2, -0.15) is 0 Å². The number of fused-ring (bicyclic) bond motifs is 1. The number of carboxylic acid groups (broad SMARTS) is 1. The molecule has 0 aliphatic heterocycles. The lowest BCUT2D eigenvalue weighted by Gasteiger charge is -2.24. The molecule has 7 heteroatoms. The van der Waals surface area contributed by atoms with Crippen LogP contribution in [-0.4, -0.2) is 44.6 Å². The third kappa shape index (κ3) is 2.91. The molecule has 3 rings (SSSR count). The Balaban J connectivity index is 2.00. The third-order valence-corrected chi connectivity index (χ3v) is 4.12. The summed E-state index contributed by atoms with van der Waals surface area (Å²) in [7, 11) is 0. The largest absolute Gasteiger partial charge is 0.481 e. The van der Waals surface area contributed by atoms with Gasteiger partial charge in [-0.1, -0.05) is 12.1 Å². The molecule has 1 fully saturated rings. The van der Waals surface area contributed by atoms with Crippen molar-refractivity contribution < 1.29 is 19.2 Å². The van der Waals surface area contributed by atoms with Crippen molar-refractivity contribution in [3.63, 3.8) is 0 Å². The summed E-state index contributed by atoms with van der Waals surface area (Å²) in [5.41, 5.74) is 2.10. The molecule has 2 heterocycles. The second-order valence-electron chi connectivity index (χ2n) is 6.19. The lowest BCUT2D eigenvalue weighted by molar-refractivity contribution is -0.141. The van der Waals surface area contributed by atoms with Gasteiger partial charge < -0.3 is 14.5 Å². The molecule has 1 unspecified atom stereocenters. The monoisotopic (exact) mass is 317 g/mol. The molecule has 1 aliphatic carbocycles. The summed E-state index contributed by atoms with van der Waals surface area (Å²) in [6, 6.07) is 1.84. The average Bonchev–Trinajstić information content (AvgIpc) is 3.27. The number of amides is 1. The van der Waals surface area contributed by atoms with E-state index in [1.165, 1.54) is 0 Å². The summed E-state index contributed by atoms with van der Waals surface area (Å²) in [5.74, 6) is -1.69. The average molecular weight is 317 g/mol. The zero-order valence-corrected chi connectivity index (χ0v) is 13.4. The number of hydrogen-bond donors (Lipinski definition) is 1. The molecular formula is C16H19N3O4. The van der Waals surface area contributed by atoms with Gasteiger partial charge in [-0.3, -0.25) is 9.59 Å². The highest BCUT2D eigenvalue weighted by atomic mass is 16.5. The maximum Gasteiger partial charge on any atom is 0.308 e. The fourth-order valence-corrected chi connectivity index (χ4v) is 2.70. The number of carbonyl (C=O) groups is 2. The normalized spacial score (nSPS) is 15.6. The fraction of sp³-hybridized carbons (Fsp3) is 0.500. The van der Waals surface area contributed by atoms with Crippen molar-refractivity contribution in [1.82, 2.24) is 15.0 Å². The highest BCUT2D eigenvalue weighted by Crippen LogP contribution is 2.31. The number of pyridine rings is 1. The first-order valence-corrected chi connectivity index (χ1v) is 7.66. The van der Waals surface area contributed by atoms with Crippen LogP contribution in [0.2, 0.25) is 0 Å². The summed E-state index contributed by atoms with van der Waals surface area (Å²) in [6.07, 6.45) is 1.82. The molecular weight excluding hydrogens is 298 g/mol. The Morgan fingerprint density at radius 3 is 2.74 bits per heavy atom. The number of aromatic nitrogens is 2. The van der Waals surface area contributed by atoms with E-state index < -0.39 is 11.9 Å². The molecule has 1 N–H and O–H groups in total. The highest BCUT2D eigenvalue weighted by molar-refractivity contribution is 6.06. The Labute approximate surface area is 133 Å². The van der Waals surface area contributed by atoms with Crippen molar-refractivity contribution in [3.8, 4) is 0 Å². The summed E-state index contributed by atoms with van der Waals surface area (Å²) >= 11 is 0. The van der Waals surface area contributed by atoms with Gasteiger partial charge in [0.1, 0.15) is 0 Å². The minimum atomic E-state index is -0.902. The van der Waals surface area contributed by atoms with E-state index in [0.29, 0.717) is 28.1 Å². The predicted octanol–water partition coefficient (Wildman–Crippen LogP) is 2.16. The van der Waals surface area contributed by atoms with Crippen molar-refractivity contribution in [2.24, 2.45) is 5.92 Å². The number of rotatable bonds is 5. The van der Waals surface area contributed by atoms with Crippen LogP contribution in [0.4, 0.5) is 0 Å². The quantitative estimate of drug-likeness (QED) is 0.907. The number of carbonyl (C=O) groups excluding carboxylic acids is 1. The zero-order valence-electron chi connectivity index (χ0n) is 13.4. The molecule has 7 nitrogen and oxygen atoms in total. The maximum atomic E-state index is 13.0. The van der Waals surface area contributed by atoms with Crippen LogP contribution in [0.15, 0.2) is 10.6 Å². The maximum absolute atomic E-state index is 13.0. The van der Waals surface area contributed by atoms with Crippen LogP contribution in [-0.2, 0) is 4.79 Å². The van der Waals surface area contributed by atoms with Crippen molar-refractivity contribution in [1.29, 1.82) is 0 Å². The van der Waals surface area contributed by atoms with E-state index in [0.717, 1.165) is 12.8 Å². The van der Waals surface area contributed by atoms with E-state index in [9.17, 15) is 9.59 Å². The van der Waals surface area contributed by atoms with Gasteiger partial charge in [0.15, 0.2) is 0 Å². The topological polar surface area (TPSA) is 96.5 Å². The molecule has 122 valence electrons. The first-order chi connectivity index (χ1) is 10.9. The van der Waals surface area contributed by atoms with Crippen LogP contribution in [0.1, 0.15) is 41.5 Å². The number of aliphatic carboxylic acids is 1. The van der Waals surface area contributed by atoms with Gasteiger partial charge in [0.05, 0.1) is 22.6 Å².